The molecule has 0 spiro atoms. The number of hydrogen-bond donors (Lipinski definition) is 0. The predicted octanol–water partition coefficient (Wildman–Crippen LogP) is 4.70. The van der Waals surface area contributed by atoms with E-state index in [1.165, 1.54) is 0 Å². The van der Waals surface area contributed by atoms with Gasteiger partial charge in [0.05, 0.1) is 1.37 Å². The summed E-state index contributed by atoms with van der Waals surface area (Å²) < 4.78 is 90.2. The van der Waals surface area contributed by atoms with Crippen LogP contribution in [-0.4, -0.2) is 24.4 Å². The molecule has 0 bridgehead atoms. The van der Waals surface area contributed by atoms with E-state index < -0.39 is 38.3 Å². The maximum absolute atomic E-state index is 8.81. The van der Waals surface area contributed by atoms with Gasteiger partial charge in [-0.05, 0) is 53.6 Å². The Kier molecular flexibility index (Phi) is 1.67. The Balaban J connectivity index is 1.96. The minimum absolute atomic E-state index is 0.0745. The summed E-state index contributed by atoms with van der Waals surface area (Å²) in [6.45, 7) is -9.68. The SMILES string of the molecule is [2H]C(=C1c2ccccc2C=Cc2ccccc21)C([2H])([2H])C([2H])([2H])N1C([2H])([2H])C([2H])([2H])C1([2H])[2H]. The molecule has 1 saturated heterocycles. The zero-order valence-corrected chi connectivity index (χ0v) is 11.7. The van der Waals surface area contributed by atoms with E-state index in [1.807, 2.05) is 0 Å². The third kappa shape index (κ3) is 2.53. The molecule has 2 aromatic carbocycles. The van der Waals surface area contributed by atoms with Crippen molar-refractivity contribution in [2.24, 2.45) is 0 Å². The van der Waals surface area contributed by atoms with Crippen molar-refractivity contribution in [1.82, 2.24) is 4.90 Å². The van der Waals surface area contributed by atoms with Gasteiger partial charge in [0.25, 0.3) is 0 Å². The molecule has 0 amide bonds. The second-order valence-electron chi connectivity index (χ2n) is 4.93. The lowest BCUT2D eigenvalue weighted by Crippen LogP contribution is -2.37. The Hall–Kier alpha value is -2.12. The van der Waals surface area contributed by atoms with Gasteiger partial charge >= 0.3 is 0 Å². The molecule has 110 valence electrons. The molecule has 0 unspecified atom stereocenters. The van der Waals surface area contributed by atoms with Crippen LogP contribution in [0.15, 0.2) is 54.6 Å². The highest BCUT2D eigenvalue weighted by atomic mass is 15.2. The molecule has 1 aliphatic carbocycles. The molecule has 1 fully saturated rings. The van der Waals surface area contributed by atoms with Gasteiger partial charge in [0.1, 0.15) is 0 Å². The highest BCUT2D eigenvalue weighted by Crippen LogP contribution is 2.33. The van der Waals surface area contributed by atoms with Crippen molar-refractivity contribution >= 4 is 17.7 Å². The van der Waals surface area contributed by atoms with Crippen molar-refractivity contribution in [2.45, 2.75) is 12.7 Å². The molecule has 0 N–H and O–H groups in total. The molecule has 2 aromatic rings. The third-order valence-electron chi connectivity index (χ3n) is 3.59. The van der Waals surface area contributed by atoms with Crippen LogP contribution >= 0.6 is 0 Å². The molecular formula is C21H21N. The number of rotatable bonds is 3. The first-order valence-electron chi connectivity index (χ1n) is 12.5. The highest BCUT2D eigenvalue weighted by molar-refractivity contribution is 5.93. The molecule has 0 radical (unpaired) electrons. The second-order valence-corrected chi connectivity index (χ2v) is 4.93. The molecule has 1 aliphatic heterocycles. The Morgan fingerprint density at radius 1 is 1.00 bits per heavy atom. The van der Waals surface area contributed by atoms with E-state index in [0.717, 1.165) is 0 Å². The second kappa shape index (κ2) is 5.94. The molecular weight excluding hydrogens is 266 g/mol. The van der Waals surface area contributed by atoms with Gasteiger partial charge in [-0.25, -0.2) is 0 Å². The maximum atomic E-state index is 8.81. The first-order valence-corrected chi connectivity index (χ1v) is 6.99. The highest BCUT2D eigenvalue weighted by Gasteiger charge is 2.15. The molecule has 1 heteroatoms. The molecule has 0 aromatic heterocycles. The van der Waals surface area contributed by atoms with Gasteiger partial charge in [0, 0.05) is 20.2 Å². The monoisotopic (exact) mass is 298 g/mol. The zero-order valence-electron chi connectivity index (χ0n) is 22.7. The lowest BCUT2D eigenvalue weighted by Gasteiger charge is -2.30. The summed E-state index contributed by atoms with van der Waals surface area (Å²) in [5, 5.41) is 0. The van der Waals surface area contributed by atoms with Gasteiger partial charge in [0.15, 0.2) is 0 Å². The Morgan fingerprint density at radius 3 is 2.23 bits per heavy atom. The smallest absolute Gasteiger partial charge is 0.0583 e. The van der Waals surface area contributed by atoms with E-state index in [2.05, 4.69) is 0 Å². The molecule has 4 rings (SSSR count). The van der Waals surface area contributed by atoms with E-state index in [9.17, 15) is 0 Å². The van der Waals surface area contributed by atoms with E-state index in [4.69, 9.17) is 15.1 Å². The summed E-state index contributed by atoms with van der Waals surface area (Å²) in [6.07, 6.45) is -2.69. The van der Waals surface area contributed by atoms with Gasteiger partial charge < -0.3 is 4.90 Å². The van der Waals surface area contributed by atoms with Gasteiger partial charge in [-0.1, -0.05) is 66.7 Å². The molecule has 0 atom stereocenters. The van der Waals surface area contributed by atoms with Gasteiger partial charge in [-0.2, -0.15) is 0 Å². The summed E-state index contributed by atoms with van der Waals surface area (Å²) in [6, 6.07) is 13.1. The fourth-order valence-corrected chi connectivity index (χ4v) is 2.51. The molecule has 0 saturated carbocycles. The van der Waals surface area contributed by atoms with Crippen molar-refractivity contribution in [3.05, 3.63) is 76.8 Å². The molecule has 22 heavy (non-hydrogen) atoms. The lowest BCUT2D eigenvalue weighted by molar-refractivity contribution is 0.185. The number of likely N-dealkylation sites (tertiary alicyclic amines) is 1. The maximum Gasteiger partial charge on any atom is 0.0583 e. The van der Waals surface area contributed by atoms with Crippen molar-refractivity contribution in [3.8, 4) is 0 Å². The summed E-state index contributed by atoms with van der Waals surface area (Å²) in [4.78, 5) is -0.0745. The minimum atomic E-state index is -3.40. The first-order chi connectivity index (χ1) is 15.1. The van der Waals surface area contributed by atoms with Crippen LogP contribution in [0, 0.1) is 0 Å². The van der Waals surface area contributed by atoms with Crippen LogP contribution in [0.2, 0.25) is 0 Å². The molecule has 1 nitrogen and oxygen atoms in total. The number of nitrogens with zero attached hydrogens (tertiary/aromatic N) is 1. The average Bonchev–Trinajstić information content (AvgIpc) is 2.89. The molecule has 1 heterocycles. The van der Waals surface area contributed by atoms with Crippen molar-refractivity contribution in [1.29, 1.82) is 0 Å². The fraction of sp³-hybridized carbons (Fsp3) is 0.238. The summed E-state index contributed by atoms with van der Waals surface area (Å²) >= 11 is 0. The number of fused-ring (bicyclic) bond motifs is 2. The summed E-state index contributed by atoms with van der Waals surface area (Å²) in [5.74, 6) is 0. The number of hydrogen-bond acceptors (Lipinski definition) is 1. The minimum Gasteiger partial charge on any atom is -0.303 e. The van der Waals surface area contributed by atoms with Crippen LogP contribution in [0.1, 0.15) is 50.1 Å². The van der Waals surface area contributed by atoms with Crippen LogP contribution in [-0.2, 0) is 0 Å². The Bertz CT molecular complexity index is 1110. The van der Waals surface area contributed by atoms with Gasteiger partial charge in [-0.3, -0.25) is 0 Å². The van der Waals surface area contributed by atoms with Crippen LogP contribution in [0.3, 0.4) is 0 Å². The predicted molar refractivity (Wildman–Crippen MR) is 94.6 cm³/mol. The van der Waals surface area contributed by atoms with Gasteiger partial charge in [-0.15, -0.1) is 0 Å². The van der Waals surface area contributed by atoms with Crippen LogP contribution in [0.25, 0.3) is 17.7 Å². The average molecular weight is 298 g/mol. The zero-order chi connectivity index (χ0) is 24.6. The van der Waals surface area contributed by atoms with Gasteiger partial charge in [0.2, 0.25) is 0 Å². The summed E-state index contributed by atoms with van der Waals surface area (Å²) in [7, 11) is 0. The van der Waals surface area contributed by atoms with E-state index >= 15 is 0 Å². The van der Waals surface area contributed by atoms with Crippen molar-refractivity contribution in [2.75, 3.05) is 19.5 Å². The van der Waals surface area contributed by atoms with Crippen LogP contribution in [0.5, 0.6) is 0 Å². The largest absolute Gasteiger partial charge is 0.303 e. The Morgan fingerprint density at radius 2 is 1.59 bits per heavy atom. The quantitative estimate of drug-likeness (QED) is 0.677. The van der Waals surface area contributed by atoms with E-state index in [-0.39, 0.29) is 10.5 Å². The topological polar surface area (TPSA) is 3.24 Å². The van der Waals surface area contributed by atoms with E-state index in [1.54, 1.807) is 60.7 Å². The Labute approximate surface area is 148 Å². The number of benzene rings is 2. The lowest BCUT2D eigenvalue weighted by atomic mass is 9.93. The first kappa shape index (κ1) is 6.17. The van der Waals surface area contributed by atoms with Crippen molar-refractivity contribution in [3.63, 3.8) is 0 Å². The third-order valence-corrected chi connectivity index (χ3v) is 3.59. The van der Waals surface area contributed by atoms with Crippen LogP contribution in [0.4, 0.5) is 0 Å². The van der Waals surface area contributed by atoms with Crippen molar-refractivity contribution < 1.29 is 15.1 Å². The van der Waals surface area contributed by atoms with E-state index in [0.29, 0.717) is 22.3 Å². The van der Waals surface area contributed by atoms with Crippen LogP contribution < -0.4 is 0 Å². The normalized spacial score (nSPS) is 32.0. The summed E-state index contributed by atoms with van der Waals surface area (Å²) in [5.41, 5.74) is 2.41. The molecule has 2 aliphatic rings. The standard InChI is InChI=1S/C21H21N/c1-3-9-19-17(7-1)12-13-18-8-2-4-10-20(18)21(19)11-5-14-22-15-6-16-22/h1-4,7-13H,5-6,14-16H2/i5D2,6D2,11D,14D2,15D2,16D2. The fourth-order valence-electron chi connectivity index (χ4n) is 2.51.